The summed E-state index contributed by atoms with van der Waals surface area (Å²) in [6, 6.07) is 0. The second kappa shape index (κ2) is 5.29. The van der Waals surface area contributed by atoms with Crippen LogP contribution in [0.15, 0.2) is 0 Å². The summed E-state index contributed by atoms with van der Waals surface area (Å²) in [5.41, 5.74) is -1.19. The number of ether oxygens (including phenoxy) is 1. The van der Waals surface area contributed by atoms with E-state index in [1.807, 2.05) is 34.6 Å². The molecule has 1 fully saturated rings. The van der Waals surface area contributed by atoms with Crippen LogP contribution in [0.25, 0.3) is 0 Å². The molecular formula is C14H25NO3. The van der Waals surface area contributed by atoms with Gasteiger partial charge in [0.15, 0.2) is 5.78 Å². The lowest BCUT2D eigenvalue weighted by Crippen LogP contribution is -2.52. The van der Waals surface area contributed by atoms with Crippen LogP contribution in [0.3, 0.4) is 0 Å². The number of amides is 1. The van der Waals surface area contributed by atoms with E-state index in [0.717, 1.165) is 19.3 Å². The molecule has 1 rings (SSSR count). The fourth-order valence-electron chi connectivity index (χ4n) is 2.36. The van der Waals surface area contributed by atoms with Crippen molar-refractivity contribution < 1.29 is 14.3 Å². The van der Waals surface area contributed by atoms with Crippen LogP contribution in [0.5, 0.6) is 0 Å². The third-order valence-electron chi connectivity index (χ3n) is 3.33. The Bertz CT molecular complexity index is 332. The number of rotatable bonds is 3. The number of hydrogen-bond donors (Lipinski definition) is 0. The fraction of sp³-hybridized carbons (Fsp3) is 0.857. The fourth-order valence-corrected chi connectivity index (χ4v) is 2.36. The molecule has 0 radical (unpaired) electrons. The summed E-state index contributed by atoms with van der Waals surface area (Å²) in [4.78, 5) is 25.9. The molecule has 1 unspecified atom stereocenters. The zero-order valence-corrected chi connectivity index (χ0v) is 12.2. The van der Waals surface area contributed by atoms with E-state index in [1.54, 1.807) is 4.90 Å². The van der Waals surface area contributed by atoms with Crippen LogP contribution >= 0.6 is 0 Å². The van der Waals surface area contributed by atoms with Crippen molar-refractivity contribution in [1.82, 2.24) is 4.90 Å². The van der Waals surface area contributed by atoms with Crippen molar-refractivity contribution in [2.75, 3.05) is 6.54 Å². The summed E-state index contributed by atoms with van der Waals surface area (Å²) < 4.78 is 5.38. The van der Waals surface area contributed by atoms with E-state index in [4.69, 9.17) is 4.74 Å². The molecule has 1 heterocycles. The van der Waals surface area contributed by atoms with Crippen LogP contribution in [0.4, 0.5) is 4.79 Å². The zero-order chi connectivity index (χ0) is 14.0. The van der Waals surface area contributed by atoms with E-state index in [2.05, 4.69) is 0 Å². The second-order valence-corrected chi connectivity index (χ2v) is 6.18. The molecule has 1 aliphatic heterocycles. The Morgan fingerprint density at radius 3 is 2.44 bits per heavy atom. The molecule has 0 aromatic carbocycles. The molecular weight excluding hydrogens is 230 g/mol. The monoisotopic (exact) mass is 255 g/mol. The number of likely N-dealkylation sites (tertiary alicyclic amines) is 1. The molecule has 4 heteroatoms. The van der Waals surface area contributed by atoms with Crippen molar-refractivity contribution >= 4 is 11.9 Å². The largest absolute Gasteiger partial charge is 0.444 e. The van der Waals surface area contributed by atoms with Crippen molar-refractivity contribution in [1.29, 1.82) is 0 Å². The van der Waals surface area contributed by atoms with Gasteiger partial charge in [-0.1, -0.05) is 6.92 Å². The lowest BCUT2D eigenvalue weighted by Gasteiger charge is -2.35. The van der Waals surface area contributed by atoms with Gasteiger partial charge >= 0.3 is 6.09 Å². The summed E-state index contributed by atoms with van der Waals surface area (Å²) in [5.74, 6) is 0.147. The van der Waals surface area contributed by atoms with E-state index in [0.29, 0.717) is 13.0 Å². The molecule has 4 nitrogen and oxygen atoms in total. The molecule has 1 atom stereocenters. The Morgan fingerprint density at radius 2 is 1.94 bits per heavy atom. The van der Waals surface area contributed by atoms with Crippen molar-refractivity contribution in [3.05, 3.63) is 0 Å². The van der Waals surface area contributed by atoms with Gasteiger partial charge in [-0.15, -0.1) is 0 Å². The minimum absolute atomic E-state index is 0.147. The average Bonchev–Trinajstić information content (AvgIpc) is 2.59. The predicted octanol–water partition coefficient (Wildman–Crippen LogP) is 3.15. The maximum absolute atomic E-state index is 12.2. The Labute approximate surface area is 110 Å². The third kappa shape index (κ3) is 3.24. The van der Waals surface area contributed by atoms with Gasteiger partial charge in [0.1, 0.15) is 11.1 Å². The Hall–Kier alpha value is -1.06. The van der Waals surface area contributed by atoms with Gasteiger partial charge in [0.05, 0.1) is 0 Å². The molecule has 0 aromatic rings. The van der Waals surface area contributed by atoms with Gasteiger partial charge in [-0.25, -0.2) is 4.79 Å². The topological polar surface area (TPSA) is 46.6 Å². The van der Waals surface area contributed by atoms with Crippen LogP contribution in [-0.2, 0) is 9.53 Å². The minimum atomic E-state index is -0.668. The van der Waals surface area contributed by atoms with Crippen LogP contribution in [0, 0.1) is 0 Å². The van der Waals surface area contributed by atoms with Crippen molar-refractivity contribution in [3.63, 3.8) is 0 Å². The van der Waals surface area contributed by atoms with Gasteiger partial charge in [0, 0.05) is 13.0 Å². The van der Waals surface area contributed by atoms with Crippen LogP contribution in [-0.4, -0.2) is 34.5 Å². The number of Topliss-reactive ketones (excluding diaryl/α,β-unsaturated/α-hetero) is 1. The average molecular weight is 255 g/mol. The molecule has 0 aromatic heterocycles. The Balaban J connectivity index is 2.81. The van der Waals surface area contributed by atoms with E-state index in [1.165, 1.54) is 0 Å². The number of ketones is 1. The number of carbonyl (C=O) groups is 2. The van der Waals surface area contributed by atoms with Gasteiger partial charge in [-0.05, 0) is 47.0 Å². The Kier molecular flexibility index (Phi) is 4.41. The normalized spacial score (nSPS) is 24.2. The third-order valence-corrected chi connectivity index (χ3v) is 3.33. The number of carbonyl (C=O) groups excluding carboxylic acids is 2. The molecule has 0 aliphatic carbocycles. The first kappa shape index (κ1) is 15.0. The smallest absolute Gasteiger partial charge is 0.411 e. The summed E-state index contributed by atoms with van der Waals surface area (Å²) in [6.07, 6.45) is 2.58. The van der Waals surface area contributed by atoms with Crippen LogP contribution in [0.1, 0.15) is 60.3 Å². The van der Waals surface area contributed by atoms with E-state index < -0.39 is 11.1 Å². The van der Waals surface area contributed by atoms with Crippen LogP contribution in [0.2, 0.25) is 0 Å². The lowest BCUT2D eigenvalue weighted by molar-refractivity contribution is -0.128. The summed E-state index contributed by atoms with van der Waals surface area (Å²) in [6.45, 7) is 9.97. The quantitative estimate of drug-likeness (QED) is 0.778. The molecule has 18 heavy (non-hydrogen) atoms. The van der Waals surface area contributed by atoms with Gasteiger partial charge in [0.2, 0.25) is 0 Å². The molecule has 0 bridgehead atoms. The van der Waals surface area contributed by atoms with Crippen molar-refractivity contribution in [2.45, 2.75) is 71.4 Å². The number of hydrogen-bond acceptors (Lipinski definition) is 3. The summed E-state index contributed by atoms with van der Waals surface area (Å²) in [7, 11) is 0. The first-order valence-corrected chi connectivity index (χ1v) is 6.74. The zero-order valence-electron chi connectivity index (χ0n) is 12.2. The van der Waals surface area contributed by atoms with Gasteiger partial charge in [-0.3, -0.25) is 9.69 Å². The molecule has 0 saturated carbocycles. The Morgan fingerprint density at radius 1 is 1.33 bits per heavy atom. The van der Waals surface area contributed by atoms with Gasteiger partial charge in [-0.2, -0.15) is 0 Å². The highest BCUT2D eigenvalue weighted by Crippen LogP contribution is 2.32. The maximum atomic E-state index is 12.2. The number of nitrogens with zero attached hydrogens (tertiary/aromatic N) is 1. The summed E-state index contributed by atoms with van der Waals surface area (Å²) in [5, 5.41) is 0. The molecule has 104 valence electrons. The SMILES string of the molecule is CCCC(=O)C1(C)CCCN1C(=O)OC(C)(C)C. The first-order chi connectivity index (χ1) is 8.20. The van der Waals surface area contributed by atoms with E-state index in [-0.39, 0.29) is 11.9 Å². The van der Waals surface area contributed by atoms with Gasteiger partial charge in [0.25, 0.3) is 0 Å². The first-order valence-electron chi connectivity index (χ1n) is 6.74. The molecule has 1 amide bonds. The lowest BCUT2D eigenvalue weighted by atomic mass is 9.91. The highest BCUT2D eigenvalue weighted by atomic mass is 16.6. The second-order valence-electron chi connectivity index (χ2n) is 6.18. The standard InChI is InChI=1S/C14H25NO3/c1-6-8-11(16)14(5)9-7-10-15(14)12(17)18-13(2,3)4/h6-10H2,1-5H3. The van der Waals surface area contributed by atoms with Crippen molar-refractivity contribution in [2.24, 2.45) is 0 Å². The van der Waals surface area contributed by atoms with Crippen LogP contribution < -0.4 is 0 Å². The van der Waals surface area contributed by atoms with E-state index >= 15 is 0 Å². The molecule has 1 aliphatic rings. The highest BCUT2D eigenvalue weighted by molar-refractivity contribution is 5.91. The van der Waals surface area contributed by atoms with Gasteiger partial charge < -0.3 is 4.74 Å². The molecule has 1 saturated heterocycles. The maximum Gasteiger partial charge on any atom is 0.411 e. The molecule has 0 N–H and O–H groups in total. The minimum Gasteiger partial charge on any atom is -0.444 e. The summed E-state index contributed by atoms with van der Waals surface area (Å²) >= 11 is 0. The predicted molar refractivity (Wildman–Crippen MR) is 70.5 cm³/mol. The highest BCUT2D eigenvalue weighted by Gasteiger charge is 2.46. The van der Waals surface area contributed by atoms with Crippen molar-refractivity contribution in [3.8, 4) is 0 Å². The van der Waals surface area contributed by atoms with E-state index in [9.17, 15) is 9.59 Å². The molecule has 0 spiro atoms.